The number of nitrogens with zero attached hydrogens (tertiary/aromatic N) is 2. The normalized spacial score (nSPS) is 14.6. The van der Waals surface area contributed by atoms with E-state index < -0.39 is 10.0 Å². The molecule has 0 atom stereocenters. The first kappa shape index (κ1) is 22.9. The van der Waals surface area contributed by atoms with Crippen molar-refractivity contribution in [2.45, 2.75) is 18.4 Å². The Morgan fingerprint density at radius 1 is 1.12 bits per heavy atom. The molecule has 1 aliphatic rings. The lowest BCUT2D eigenvalue weighted by molar-refractivity contribution is 0.0730. The van der Waals surface area contributed by atoms with Gasteiger partial charge in [-0.05, 0) is 55.0 Å². The summed E-state index contributed by atoms with van der Waals surface area (Å²) in [5.41, 5.74) is 2.41. The van der Waals surface area contributed by atoms with Crippen LogP contribution in [0.25, 0.3) is 0 Å². The number of amides is 1. The molecular weight excluding hydrogens is 442 g/mol. The third kappa shape index (κ3) is 5.57. The summed E-state index contributed by atoms with van der Waals surface area (Å²) < 4.78 is 38.5. The number of aryl methyl sites for hydroxylation is 1. The zero-order chi connectivity index (χ0) is 23.3. The quantitative estimate of drug-likeness (QED) is 0.573. The first-order valence-electron chi connectivity index (χ1n) is 10.6. The van der Waals surface area contributed by atoms with Crippen LogP contribution in [0.1, 0.15) is 21.5 Å². The van der Waals surface area contributed by atoms with Gasteiger partial charge in [-0.25, -0.2) is 8.42 Å². The predicted molar refractivity (Wildman–Crippen MR) is 124 cm³/mol. The Morgan fingerprint density at radius 2 is 1.88 bits per heavy atom. The van der Waals surface area contributed by atoms with Gasteiger partial charge in [0.1, 0.15) is 12.4 Å². The molecule has 1 aromatic heterocycles. The molecule has 0 radical (unpaired) electrons. The number of pyridine rings is 1. The fraction of sp³-hybridized carbons (Fsp3) is 0.250. The number of morpholine rings is 1. The fourth-order valence-electron chi connectivity index (χ4n) is 3.44. The summed E-state index contributed by atoms with van der Waals surface area (Å²) in [7, 11) is -3.67. The standard InChI is InChI=1S/C24H25N3O5S/c1-18-4-7-21(15-23(18)33(29,30)27-11-13-31-14-12-27)26-24(28)20-5-8-22(9-6-20)32-17-19-3-2-10-25-16-19/h2-10,15-16H,11-14,17H2,1H3,(H,26,28). The second kappa shape index (κ2) is 10.1. The van der Waals surface area contributed by atoms with Gasteiger partial charge < -0.3 is 14.8 Å². The molecule has 4 rings (SSSR count). The SMILES string of the molecule is Cc1ccc(NC(=O)c2ccc(OCc3cccnc3)cc2)cc1S(=O)(=O)N1CCOCC1. The molecule has 8 nitrogen and oxygen atoms in total. The molecule has 1 fully saturated rings. The zero-order valence-corrected chi connectivity index (χ0v) is 19.0. The van der Waals surface area contributed by atoms with E-state index in [1.165, 1.54) is 10.4 Å². The highest BCUT2D eigenvalue weighted by Gasteiger charge is 2.28. The van der Waals surface area contributed by atoms with Crippen LogP contribution in [-0.2, 0) is 21.4 Å². The summed E-state index contributed by atoms with van der Waals surface area (Å²) in [4.78, 5) is 16.9. The Hall–Kier alpha value is -3.27. The maximum Gasteiger partial charge on any atom is 0.255 e. The number of aromatic nitrogens is 1. The highest BCUT2D eigenvalue weighted by atomic mass is 32.2. The monoisotopic (exact) mass is 467 g/mol. The number of carbonyl (C=O) groups excluding carboxylic acids is 1. The molecule has 1 aliphatic heterocycles. The molecule has 0 unspecified atom stereocenters. The van der Waals surface area contributed by atoms with E-state index in [1.807, 2.05) is 12.1 Å². The summed E-state index contributed by atoms with van der Waals surface area (Å²) in [5.74, 6) is 0.289. The van der Waals surface area contributed by atoms with E-state index in [0.717, 1.165) is 5.56 Å². The molecule has 1 saturated heterocycles. The predicted octanol–water partition coefficient (Wildman–Crippen LogP) is 3.24. The Balaban J connectivity index is 1.43. The van der Waals surface area contributed by atoms with Gasteiger partial charge in [0.15, 0.2) is 0 Å². The molecule has 1 N–H and O–H groups in total. The van der Waals surface area contributed by atoms with Gasteiger partial charge >= 0.3 is 0 Å². The molecule has 33 heavy (non-hydrogen) atoms. The first-order valence-corrected chi connectivity index (χ1v) is 12.0. The number of sulfonamides is 1. The maximum absolute atomic E-state index is 13.1. The van der Waals surface area contributed by atoms with E-state index in [2.05, 4.69) is 10.3 Å². The Bertz CT molecular complexity index is 1210. The summed E-state index contributed by atoms with van der Waals surface area (Å²) >= 11 is 0. The van der Waals surface area contributed by atoms with Gasteiger partial charge in [0.25, 0.3) is 5.91 Å². The topological polar surface area (TPSA) is 97.8 Å². The van der Waals surface area contributed by atoms with E-state index in [-0.39, 0.29) is 10.8 Å². The van der Waals surface area contributed by atoms with Crippen molar-refractivity contribution in [3.05, 3.63) is 83.7 Å². The number of benzene rings is 2. The van der Waals surface area contributed by atoms with Crippen LogP contribution in [0, 0.1) is 6.92 Å². The molecule has 0 aliphatic carbocycles. The van der Waals surface area contributed by atoms with Crippen LogP contribution in [0.2, 0.25) is 0 Å². The lowest BCUT2D eigenvalue weighted by atomic mass is 10.2. The average molecular weight is 468 g/mol. The number of ether oxygens (including phenoxy) is 2. The molecule has 0 spiro atoms. The minimum atomic E-state index is -3.67. The summed E-state index contributed by atoms with van der Waals surface area (Å²) in [6.45, 7) is 3.49. The molecule has 0 bridgehead atoms. The van der Waals surface area contributed by atoms with Crippen molar-refractivity contribution in [1.29, 1.82) is 0 Å². The van der Waals surface area contributed by atoms with Crippen molar-refractivity contribution in [3.8, 4) is 5.75 Å². The molecule has 1 amide bonds. The van der Waals surface area contributed by atoms with E-state index >= 15 is 0 Å². The highest BCUT2D eigenvalue weighted by molar-refractivity contribution is 7.89. The summed E-state index contributed by atoms with van der Waals surface area (Å²) in [6, 6.07) is 15.4. The lowest BCUT2D eigenvalue weighted by Crippen LogP contribution is -2.40. The molecule has 0 saturated carbocycles. The average Bonchev–Trinajstić information content (AvgIpc) is 2.85. The maximum atomic E-state index is 13.1. The van der Waals surface area contributed by atoms with Crippen molar-refractivity contribution >= 4 is 21.6 Å². The zero-order valence-electron chi connectivity index (χ0n) is 18.2. The van der Waals surface area contributed by atoms with E-state index in [1.54, 1.807) is 55.7 Å². The van der Waals surface area contributed by atoms with Crippen molar-refractivity contribution < 1.29 is 22.7 Å². The summed E-state index contributed by atoms with van der Waals surface area (Å²) in [6.07, 6.45) is 3.43. The largest absolute Gasteiger partial charge is 0.489 e. The van der Waals surface area contributed by atoms with Crippen LogP contribution in [0.5, 0.6) is 5.75 Å². The van der Waals surface area contributed by atoms with Crippen LogP contribution in [-0.4, -0.2) is 49.9 Å². The third-order valence-electron chi connectivity index (χ3n) is 5.28. The van der Waals surface area contributed by atoms with Crippen LogP contribution >= 0.6 is 0 Å². The minimum Gasteiger partial charge on any atom is -0.489 e. The number of hydrogen-bond donors (Lipinski definition) is 1. The fourth-order valence-corrected chi connectivity index (χ4v) is 5.10. The molecule has 2 heterocycles. The first-order chi connectivity index (χ1) is 15.9. The Morgan fingerprint density at radius 3 is 2.58 bits per heavy atom. The molecule has 3 aromatic rings. The molecule has 9 heteroatoms. The van der Waals surface area contributed by atoms with Crippen LogP contribution in [0.3, 0.4) is 0 Å². The second-order valence-electron chi connectivity index (χ2n) is 7.63. The molecular formula is C24H25N3O5S. The van der Waals surface area contributed by atoms with Gasteiger partial charge in [-0.2, -0.15) is 4.31 Å². The van der Waals surface area contributed by atoms with E-state index in [0.29, 0.717) is 55.5 Å². The number of hydrogen-bond acceptors (Lipinski definition) is 6. The van der Waals surface area contributed by atoms with Crippen LogP contribution in [0.15, 0.2) is 71.9 Å². The van der Waals surface area contributed by atoms with Crippen LogP contribution in [0.4, 0.5) is 5.69 Å². The van der Waals surface area contributed by atoms with Gasteiger partial charge in [-0.15, -0.1) is 0 Å². The number of anilines is 1. The lowest BCUT2D eigenvalue weighted by Gasteiger charge is -2.26. The summed E-state index contributed by atoms with van der Waals surface area (Å²) in [5, 5.41) is 2.78. The van der Waals surface area contributed by atoms with Gasteiger partial charge in [0.05, 0.1) is 18.1 Å². The Labute approximate surface area is 193 Å². The number of rotatable bonds is 7. The third-order valence-corrected chi connectivity index (χ3v) is 7.32. The minimum absolute atomic E-state index is 0.182. The van der Waals surface area contributed by atoms with Crippen molar-refractivity contribution in [2.24, 2.45) is 0 Å². The smallest absolute Gasteiger partial charge is 0.255 e. The van der Waals surface area contributed by atoms with Gasteiger partial charge in [0, 0.05) is 42.3 Å². The van der Waals surface area contributed by atoms with Gasteiger partial charge in [-0.1, -0.05) is 12.1 Å². The van der Waals surface area contributed by atoms with Crippen molar-refractivity contribution in [2.75, 3.05) is 31.6 Å². The van der Waals surface area contributed by atoms with Crippen LogP contribution < -0.4 is 10.1 Å². The highest BCUT2D eigenvalue weighted by Crippen LogP contribution is 2.25. The second-order valence-corrected chi connectivity index (χ2v) is 9.53. The van der Waals surface area contributed by atoms with Gasteiger partial charge in [-0.3, -0.25) is 9.78 Å². The van der Waals surface area contributed by atoms with Crippen molar-refractivity contribution in [1.82, 2.24) is 9.29 Å². The van der Waals surface area contributed by atoms with E-state index in [4.69, 9.17) is 9.47 Å². The molecule has 2 aromatic carbocycles. The van der Waals surface area contributed by atoms with Crippen molar-refractivity contribution in [3.63, 3.8) is 0 Å². The van der Waals surface area contributed by atoms with E-state index in [9.17, 15) is 13.2 Å². The Kier molecular flexibility index (Phi) is 7.02. The number of carbonyl (C=O) groups is 1. The molecule has 172 valence electrons. The van der Waals surface area contributed by atoms with Gasteiger partial charge in [0.2, 0.25) is 10.0 Å². The number of nitrogens with one attached hydrogen (secondary N) is 1.